The van der Waals surface area contributed by atoms with E-state index in [-0.39, 0.29) is 11.6 Å². The van der Waals surface area contributed by atoms with E-state index in [0.29, 0.717) is 11.5 Å². The predicted molar refractivity (Wildman–Crippen MR) is 87.4 cm³/mol. The van der Waals surface area contributed by atoms with Gasteiger partial charge in [-0.15, -0.1) is 0 Å². The Morgan fingerprint density at radius 2 is 2.04 bits per heavy atom. The summed E-state index contributed by atoms with van der Waals surface area (Å²) in [6, 6.07) is 9.74. The van der Waals surface area contributed by atoms with Crippen molar-refractivity contribution in [2.75, 3.05) is 5.32 Å². The number of aromatic nitrogens is 2. The molecule has 2 aromatic heterocycles. The molecule has 0 aromatic carbocycles. The zero-order valence-electron chi connectivity index (χ0n) is 13.3. The van der Waals surface area contributed by atoms with Gasteiger partial charge in [0.2, 0.25) is 0 Å². The van der Waals surface area contributed by atoms with Gasteiger partial charge < -0.3 is 10.1 Å². The molecule has 8 nitrogen and oxygen atoms in total. The molecule has 0 bridgehead atoms. The standard InChI is InChI=1S/C15H18N4O4S/c1-11(23-12(2)20)18-14-7-5-6-13(19-14)10-17-24(21,22)15-8-3-4-9-16-15/h3-9,11,17H,10H2,1-2H3,(H,18,19). The van der Waals surface area contributed by atoms with Crippen LogP contribution in [-0.4, -0.2) is 30.6 Å². The van der Waals surface area contributed by atoms with Crippen LogP contribution in [0.15, 0.2) is 47.6 Å². The van der Waals surface area contributed by atoms with E-state index in [4.69, 9.17) is 4.74 Å². The summed E-state index contributed by atoms with van der Waals surface area (Å²) in [6.45, 7) is 2.99. The third-order valence-corrected chi connectivity index (χ3v) is 4.17. The van der Waals surface area contributed by atoms with Crippen LogP contribution in [0.4, 0.5) is 5.82 Å². The third-order valence-electron chi connectivity index (χ3n) is 2.86. The highest BCUT2D eigenvalue weighted by Crippen LogP contribution is 2.09. The summed E-state index contributed by atoms with van der Waals surface area (Å²) in [7, 11) is -3.70. The average molecular weight is 350 g/mol. The Hall–Kier alpha value is -2.52. The highest BCUT2D eigenvalue weighted by Gasteiger charge is 2.15. The van der Waals surface area contributed by atoms with Gasteiger partial charge in [0.15, 0.2) is 11.3 Å². The number of nitrogens with zero attached hydrogens (tertiary/aromatic N) is 2. The van der Waals surface area contributed by atoms with Gasteiger partial charge in [0.1, 0.15) is 5.82 Å². The molecule has 0 aliphatic heterocycles. The van der Waals surface area contributed by atoms with Crippen LogP contribution in [0.25, 0.3) is 0 Å². The molecule has 0 fully saturated rings. The second-order valence-corrected chi connectivity index (χ2v) is 6.62. The highest BCUT2D eigenvalue weighted by molar-refractivity contribution is 7.89. The number of esters is 1. The zero-order valence-corrected chi connectivity index (χ0v) is 14.1. The number of sulfonamides is 1. The Labute approximate surface area is 140 Å². The average Bonchev–Trinajstić information content (AvgIpc) is 2.53. The number of anilines is 1. The maximum atomic E-state index is 12.1. The van der Waals surface area contributed by atoms with Gasteiger partial charge in [-0.05, 0) is 31.2 Å². The number of carbonyl (C=O) groups excluding carboxylic acids is 1. The van der Waals surface area contributed by atoms with E-state index in [0.717, 1.165) is 0 Å². The number of hydrogen-bond acceptors (Lipinski definition) is 7. The first-order chi connectivity index (χ1) is 11.4. The van der Waals surface area contributed by atoms with E-state index in [1.165, 1.54) is 19.2 Å². The molecular formula is C15H18N4O4S. The van der Waals surface area contributed by atoms with Crippen LogP contribution in [0.1, 0.15) is 19.5 Å². The van der Waals surface area contributed by atoms with Crippen molar-refractivity contribution in [3.05, 3.63) is 48.3 Å². The molecule has 0 spiro atoms. The van der Waals surface area contributed by atoms with Crippen LogP contribution in [0.5, 0.6) is 0 Å². The molecule has 24 heavy (non-hydrogen) atoms. The van der Waals surface area contributed by atoms with E-state index in [1.54, 1.807) is 37.3 Å². The molecule has 2 heterocycles. The van der Waals surface area contributed by atoms with Crippen molar-refractivity contribution in [1.82, 2.24) is 14.7 Å². The number of nitrogens with one attached hydrogen (secondary N) is 2. The second kappa shape index (κ2) is 7.84. The minimum Gasteiger partial charge on any atom is -0.442 e. The molecule has 9 heteroatoms. The molecule has 0 saturated carbocycles. The van der Waals surface area contributed by atoms with Crippen LogP contribution in [-0.2, 0) is 26.1 Å². The number of carbonyl (C=O) groups is 1. The fourth-order valence-corrected chi connectivity index (χ4v) is 2.84. The predicted octanol–water partition coefficient (Wildman–Crippen LogP) is 1.28. The van der Waals surface area contributed by atoms with Gasteiger partial charge in [-0.2, -0.15) is 0 Å². The highest BCUT2D eigenvalue weighted by atomic mass is 32.2. The van der Waals surface area contributed by atoms with Crippen LogP contribution in [0.2, 0.25) is 0 Å². The van der Waals surface area contributed by atoms with Crippen molar-refractivity contribution >= 4 is 21.8 Å². The molecule has 2 rings (SSSR count). The smallest absolute Gasteiger partial charge is 0.304 e. The van der Waals surface area contributed by atoms with Crippen LogP contribution < -0.4 is 10.0 Å². The van der Waals surface area contributed by atoms with Crippen molar-refractivity contribution in [2.24, 2.45) is 0 Å². The molecular weight excluding hydrogens is 332 g/mol. The van der Waals surface area contributed by atoms with Crippen LogP contribution >= 0.6 is 0 Å². The Morgan fingerprint density at radius 3 is 2.71 bits per heavy atom. The quantitative estimate of drug-likeness (QED) is 0.571. The minimum atomic E-state index is -3.70. The summed E-state index contributed by atoms with van der Waals surface area (Å²) < 4.78 is 31.6. The molecule has 0 amide bonds. The normalized spacial score (nSPS) is 12.4. The van der Waals surface area contributed by atoms with Gasteiger partial charge in [-0.25, -0.2) is 23.1 Å². The zero-order chi connectivity index (χ0) is 17.6. The summed E-state index contributed by atoms with van der Waals surface area (Å²) in [5.74, 6) is 0.0626. The van der Waals surface area contributed by atoms with E-state index in [2.05, 4.69) is 20.0 Å². The van der Waals surface area contributed by atoms with Gasteiger partial charge in [-0.1, -0.05) is 12.1 Å². The Morgan fingerprint density at radius 1 is 1.25 bits per heavy atom. The molecule has 128 valence electrons. The van der Waals surface area contributed by atoms with Gasteiger partial charge >= 0.3 is 5.97 Å². The molecule has 0 aliphatic carbocycles. The van der Waals surface area contributed by atoms with Crippen molar-refractivity contribution < 1.29 is 17.9 Å². The lowest BCUT2D eigenvalue weighted by Gasteiger charge is -2.15. The van der Waals surface area contributed by atoms with Gasteiger partial charge in [0.25, 0.3) is 10.0 Å². The molecule has 0 radical (unpaired) electrons. The maximum absolute atomic E-state index is 12.1. The summed E-state index contributed by atoms with van der Waals surface area (Å²) in [4.78, 5) is 19.0. The van der Waals surface area contributed by atoms with Crippen molar-refractivity contribution in [3.8, 4) is 0 Å². The van der Waals surface area contributed by atoms with Crippen molar-refractivity contribution in [1.29, 1.82) is 0 Å². The Bertz CT molecular complexity index is 796. The Kier molecular flexibility index (Phi) is 5.83. The van der Waals surface area contributed by atoms with Gasteiger partial charge in [-0.3, -0.25) is 4.79 Å². The van der Waals surface area contributed by atoms with E-state index in [9.17, 15) is 13.2 Å². The monoisotopic (exact) mass is 350 g/mol. The second-order valence-electron chi connectivity index (χ2n) is 4.90. The lowest BCUT2D eigenvalue weighted by Crippen LogP contribution is -2.25. The largest absolute Gasteiger partial charge is 0.442 e. The maximum Gasteiger partial charge on any atom is 0.304 e. The van der Waals surface area contributed by atoms with E-state index in [1.807, 2.05) is 0 Å². The molecule has 2 N–H and O–H groups in total. The third kappa shape index (κ3) is 5.28. The van der Waals surface area contributed by atoms with Crippen LogP contribution in [0.3, 0.4) is 0 Å². The van der Waals surface area contributed by atoms with Crippen molar-refractivity contribution in [3.63, 3.8) is 0 Å². The summed E-state index contributed by atoms with van der Waals surface area (Å²) >= 11 is 0. The summed E-state index contributed by atoms with van der Waals surface area (Å²) in [5, 5.41) is 2.85. The topological polar surface area (TPSA) is 110 Å². The first-order valence-corrected chi connectivity index (χ1v) is 8.65. The Balaban J connectivity index is 2.01. The number of hydrogen-bond donors (Lipinski definition) is 2. The fourth-order valence-electron chi connectivity index (χ4n) is 1.89. The number of rotatable bonds is 7. The minimum absolute atomic E-state index is 0.0103. The van der Waals surface area contributed by atoms with Crippen molar-refractivity contribution in [2.45, 2.75) is 31.6 Å². The molecule has 0 aliphatic rings. The molecule has 0 saturated heterocycles. The summed E-state index contributed by atoms with van der Waals surface area (Å²) in [6.07, 6.45) is 0.865. The van der Waals surface area contributed by atoms with E-state index < -0.39 is 22.2 Å². The fraction of sp³-hybridized carbons (Fsp3) is 0.267. The van der Waals surface area contributed by atoms with Gasteiger partial charge in [0.05, 0.1) is 12.2 Å². The molecule has 1 unspecified atom stereocenters. The SMILES string of the molecule is CC(=O)OC(C)Nc1cccc(CNS(=O)(=O)c2ccccn2)n1. The first-order valence-electron chi connectivity index (χ1n) is 7.17. The number of ether oxygens (including phenoxy) is 1. The lowest BCUT2D eigenvalue weighted by atomic mass is 10.3. The summed E-state index contributed by atoms with van der Waals surface area (Å²) in [5.41, 5.74) is 0.509. The van der Waals surface area contributed by atoms with E-state index >= 15 is 0 Å². The molecule has 2 aromatic rings. The van der Waals surface area contributed by atoms with Crippen LogP contribution in [0, 0.1) is 0 Å². The van der Waals surface area contributed by atoms with Gasteiger partial charge in [0, 0.05) is 13.1 Å². The molecule has 1 atom stereocenters. The number of pyridine rings is 2. The first kappa shape index (κ1) is 17.8. The lowest BCUT2D eigenvalue weighted by molar-refractivity contribution is -0.144.